The van der Waals surface area contributed by atoms with Crippen LogP contribution in [0.3, 0.4) is 0 Å². The van der Waals surface area contributed by atoms with E-state index in [2.05, 4.69) is 20.7 Å². The molecular weight excluding hydrogens is 341 g/mol. The van der Waals surface area contributed by atoms with E-state index in [-0.39, 0.29) is 18.7 Å². The minimum atomic E-state index is -0.613. The van der Waals surface area contributed by atoms with Crippen molar-refractivity contribution >= 4 is 6.09 Å². The van der Waals surface area contributed by atoms with Crippen LogP contribution in [-0.2, 0) is 11.8 Å². The summed E-state index contributed by atoms with van der Waals surface area (Å²) in [5.74, 6) is 1.05. The molecule has 0 aliphatic rings. The second kappa shape index (κ2) is 8.41. The topological polar surface area (TPSA) is 91.2 Å². The maximum atomic E-state index is 13.0. The lowest BCUT2D eigenvalue weighted by atomic mass is 10.2. The van der Waals surface area contributed by atoms with Crippen LogP contribution in [0.5, 0.6) is 5.75 Å². The van der Waals surface area contributed by atoms with Gasteiger partial charge < -0.3 is 14.8 Å². The lowest BCUT2D eigenvalue weighted by Gasteiger charge is -2.20. The summed E-state index contributed by atoms with van der Waals surface area (Å²) >= 11 is 0. The van der Waals surface area contributed by atoms with Crippen molar-refractivity contribution in [2.75, 3.05) is 13.2 Å². The molecule has 2 aromatic rings. The highest BCUT2D eigenvalue weighted by molar-refractivity contribution is 5.68. The van der Waals surface area contributed by atoms with Gasteiger partial charge in [-0.2, -0.15) is 4.80 Å². The monoisotopic (exact) mass is 363 g/mol. The quantitative estimate of drug-likeness (QED) is 0.848. The fraction of sp³-hybridized carbons (Fsp3) is 0.412. The molecule has 0 saturated heterocycles. The van der Waals surface area contributed by atoms with Crippen molar-refractivity contribution in [3.05, 3.63) is 36.2 Å². The molecule has 0 fully saturated rings. The number of hydrogen-bond acceptors (Lipinski definition) is 6. The Balaban J connectivity index is 1.83. The summed E-state index contributed by atoms with van der Waals surface area (Å²) in [4.78, 5) is 13.0. The van der Waals surface area contributed by atoms with Crippen LogP contribution in [0.4, 0.5) is 9.18 Å². The molecule has 8 nitrogen and oxygen atoms in total. The molecule has 0 aliphatic carbocycles. The molecule has 26 heavy (non-hydrogen) atoms. The van der Waals surface area contributed by atoms with Gasteiger partial charge in [0.05, 0.1) is 13.4 Å². The minimum Gasteiger partial charge on any atom is -0.489 e. The lowest BCUT2D eigenvalue weighted by molar-refractivity contribution is 0.0531. The van der Waals surface area contributed by atoms with Crippen molar-refractivity contribution in [1.82, 2.24) is 25.5 Å². The van der Waals surface area contributed by atoms with Gasteiger partial charge >= 0.3 is 6.09 Å². The first-order valence-corrected chi connectivity index (χ1v) is 7.99. The molecular formula is C17H22FN5O3. The summed E-state index contributed by atoms with van der Waals surface area (Å²) in [5, 5.41) is 14.3. The molecule has 1 amide bonds. The smallest absolute Gasteiger partial charge is 0.407 e. The van der Waals surface area contributed by atoms with Gasteiger partial charge in [-0.3, -0.25) is 0 Å². The second-order valence-electron chi connectivity index (χ2n) is 6.54. The number of rotatable bonds is 6. The molecule has 0 unspecified atom stereocenters. The first-order chi connectivity index (χ1) is 12.3. The van der Waals surface area contributed by atoms with E-state index in [1.807, 2.05) is 0 Å². The second-order valence-corrected chi connectivity index (χ2v) is 6.54. The summed E-state index contributed by atoms with van der Waals surface area (Å²) in [6.07, 6.45) is -0.201. The fourth-order valence-electron chi connectivity index (χ4n) is 1.90. The number of aryl methyl sites for hydroxylation is 1. The first-order valence-electron chi connectivity index (χ1n) is 7.99. The van der Waals surface area contributed by atoms with E-state index in [0.717, 1.165) is 5.56 Å². The summed E-state index contributed by atoms with van der Waals surface area (Å²) in [6.45, 7) is 5.24. The normalized spacial score (nSPS) is 12.0. The number of benzene rings is 1. The summed E-state index contributed by atoms with van der Waals surface area (Å²) < 4.78 is 23.6. The number of hydrogen-bond donors (Lipinski definition) is 1. The van der Waals surface area contributed by atoms with Crippen molar-refractivity contribution in [2.24, 2.45) is 7.05 Å². The highest BCUT2D eigenvalue weighted by Crippen LogP contribution is 2.19. The van der Waals surface area contributed by atoms with Crippen LogP contribution in [0.25, 0.3) is 11.4 Å². The van der Waals surface area contributed by atoms with E-state index in [4.69, 9.17) is 9.47 Å². The number of ether oxygens (including phenoxy) is 2. The molecule has 1 heterocycles. The number of tetrazole rings is 1. The molecule has 9 heteroatoms. The third-order valence-corrected chi connectivity index (χ3v) is 3.06. The highest BCUT2D eigenvalue weighted by Gasteiger charge is 2.16. The van der Waals surface area contributed by atoms with Crippen molar-refractivity contribution in [1.29, 1.82) is 0 Å². The average molecular weight is 363 g/mol. The highest BCUT2D eigenvalue weighted by atomic mass is 19.1. The number of alkyl carbamates (subject to hydrolysis) is 1. The Labute approximate surface area is 151 Å². The van der Waals surface area contributed by atoms with Crippen LogP contribution in [0.15, 0.2) is 36.2 Å². The van der Waals surface area contributed by atoms with Gasteiger partial charge in [0.2, 0.25) is 5.82 Å². The third-order valence-electron chi connectivity index (χ3n) is 3.06. The number of halogens is 1. The van der Waals surface area contributed by atoms with Gasteiger partial charge in [0.1, 0.15) is 18.0 Å². The molecule has 0 aliphatic heterocycles. The lowest BCUT2D eigenvalue weighted by Crippen LogP contribution is -2.34. The van der Waals surface area contributed by atoms with Gasteiger partial charge in [0, 0.05) is 17.7 Å². The molecule has 0 atom stereocenters. The van der Waals surface area contributed by atoms with Gasteiger partial charge in [-0.1, -0.05) is 0 Å². The summed E-state index contributed by atoms with van der Waals surface area (Å²) in [6, 6.07) is 7.01. The van der Waals surface area contributed by atoms with E-state index >= 15 is 0 Å². The van der Waals surface area contributed by atoms with E-state index in [1.165, 1.54) is 4.80 Å². The number of amides is 1. The average Bonchev–Trinajstić information content (AvgIpc) is 3.00. The van der Waals surface area contributed by atoms with E-state index in [9.17, 15) is 9.18 Å². The van der Waals surface area contributed by atoms with Crippen LogP contribution >= 0.6 is 0 Å². The third kappa shape index (κ3) is 6.15. The Kier molecular flexibility index (Phi) is 6.26. The number of carbonyl (C=O) groups excluding carboxylic acids is 1. The van der Waals surface area contributed by atoms with Crippen molar-refractivity contribution in [2.45, 2.75) is 26.4 Å². The molecule has 140 valence electrons. The number of nitrogens with zero attached hydrogens (tertiary/aromatic N) is 4. The largest absolute Gasteiger partial charge is 0.489 e. The molecule has 0 bridgehead atoms. The molecule has 2 rings (SSSR count). The van der Waals surface area contributed by atoms with Crippen molar-refractivity contribution in [3.63, 3.8) is 0 Å². The predicted molar refractivity (Wildman–Crippen MR) is 93.2 cm³/mol. The van der Waals surface area contributed by atoms with Crippen LogP contribution in [0.1, 0.15) is 20.8 Å². The minimum absolute atomic E-state index is 0.00492. The van der Waals surface area contributed by atoms with E-state index in [1.54, 1.807) is 52.1 Å². The molecule has 1 aromatic heterocycles. The Morgan fingerprint density at radius 3 is 2.54 bits per heavy atom. The maximum absolute atomic E-state index is 13.0. The van der Waals surface area contributed by atoms with Gasteiger partial charge in [-0.15, -0.1) is 10.2 Å². The Hall–Kier alpha value is -2.97. The molecule has 0 spiro atoms. The van der Waals surface area contributed by atoms with Crippen LogP contribution in [0.2, 0.25) is 0 Å². The van der Waals surface area contributed by atoms with Crippen molar-refractivity contribution in [3.8, 4) is 17.1 Å². The fourth-order valence-corrected chi connectivity index (χ4v) is 1.90. The Bertz CT molecular complexity index is 765. The zero-order valence-corrected chi connectivity index (χ0v) is 15.2. The van der Waals surface area contributed by atoms with E-state index in [0.29, 0.717) is 17.9 Å². The maximum Gasteiger partial charge on any atom is 0.407 e. The van der Waals surface area contributed by atoms with Gasteiger partial charge in [-0.05, 0) is 50.3 Å². The summed E-state index contributed by atoms with van der Waals surface area (Å²) in [7, 11) is 1.68. The Morgan fingerprint density at radius 1 is 1.31 bits per heavy atom. The van der Waals surface area contributed by atoms with Crippen LogP contribution < -0.4 is 10.1 Å². The summed E-state index contributed by atoms with van der Waals surface area (Å²) in [5.41, 5.74) is 0.453. The zero-order valence-electron chi connectivity index (χ0n) is 15.2. The zero-order chi connectivity index (χ0) is 19.2. The Morgan fingerprint density at radius 2 is 2.00 bits per heavy atom. The van der Waals surface area contributed by atoms with E-state index < -0.39 is 11.7 Å². The SMILES string of the molecule is Cn1nnc(-c2ccc(OC/C(=C/F)CNC(=O)OC(C)(C)C)cc2)n1. The number of aromatic nitrogens is 4. The van der Waals surface area contributed by atoms with Gasteiger partial charge in [-0.25, -0.2) is 9.18 Å². The first kappa shape index (κ1) is 19.4. The molecule has 1 N–H and O–H groups in total. The van der Waals surface area contributed by atoms with Gasteiger partial charge in [0.15, 0.2) is 0 Å². The molecule has 1 aromatic carbocycles. The van der Waals surface area contributed by atoms with Crippen LogP contribution in [0, 0.1) is 0 Å². The molecule has 0 radical (unpaired) electrons. The number of carbonyl (C=O) groups is 1. The van der Waals surface area contributed by atoms with Crippen molar-refractivity contribution < 1.29 is 18.7 Å². The van der Waals surface area contributed by atoms with Crippen LogP contribution in [-0.4, -0.2) is 45.1 Å². The molecule has 0 saturated carbocycles. The predicted octanol–water partition coefficient (Wildman–Crippen LogP) is 2.63. The number of nitrogens with one attached hydrogen (secondary N) is 1. The standard InChI is InChI=1S/C17H22FN5O3/c1-17(2,3)26-16(24)19-10-12(9-18)11-25-14-7-5-13(6-8-14)15-20-22-23(4)21-15/h5-9H,10-11H2,1-4H3,(H,19,24)/b12-9+. The van der Waals surface area contributed by atoms with Gasteiger partial charge in [0.25, 0.3) is 0 Å².